The number of esters is 1. The van der Waals surface area contributed by atoms with Crippen LogP contribution in [-0.4, -0.2) is 30.9 Å². The van der Waals surface area contributed by atoms with E-state index in [4.69, 9.17) is 14.2 Å². The second kappa shape index (κ2) is 3.74. The Morgan fingerprint density at radius 3 is 2.41 bits per heavy atom. The van der Waals surface area contributed by atoms with Crippen molar-refractivity contribution in [3.05, 3.63) is 37.1 Å². The van der Waals surface area contributed by atoms with Crippen LogP contribution >= 0.6 is 0 Å². The smallest absolute Gasteiger partial charge is 0.334 e. The van der Waals surface area contributed by atoms with Gasteiger partial charge < -0.3 is 14.2 Å². The number of carbonyl (C=O) groups is 1. The predicted molar refractivity (Wildman–Crippen MR) is 60.0 cm³/mol. The largest absolute Gasteiger partial charge is 0.489 e. The molecular weight excluding hydrogens is 220 g/mol. The summed E-state index contributed by atoms with van der Waals surface area (Å²) >= 11 is 0. The molecule has 0 aromatic heterocycles. The monoisotopic (exact) mass is 234 g/mol. The zero-order valence-electron chi connectivity index (χ0n) is 9.37. The molecule has 3 aliphatic rings. The lowest BCUT2D eigenvalue weighted by atomic mass is 9.99. The maximum Gasteiger partial charge on any atom is 0.334 e. The lowest BCUT2D eigenvalue weighted by molar-refractivity contribution is -0.135. The second-order valence-electron chi connectivity index (χ2n) is 4.49. The molecule has 0 N–H and O–H groups in total. The third kappa shape index (κ3) is 1.60. The number of hydrogen-bond acceptors (Lipinski definition) is 4. The first kappa shape index (κ1) is 10.6. The maximum absolute atomic E-state index is 11.0. The summed E-state index contributed by atoms with van der Waals surface area (Å²) in [7, 11) is 0. The fourth-order valence-corrected chi connectivity index (χ4v) is 2.68. The molecule has 2 fully saturated rings. The molecule has 3 rings (SSSR count). The molecule has 0 radical (unpaired) electrons. The van der Waals surface area contributed by atoms with E-state index in [1.807, 2.05) is 12.2 Å². The Bertz CT molecular complexity index is 392. The van der Waals surface area contributed by atoms with E-state index in [1.54, 1.807) is 0 Å². The molecule has 17 heavy (non-hydrogen) atoms. The van der Waals surface area contributed by atoms with Crippen molar-refractivity contribution in [2.45, 2.75) is 18.3 Å². The minimum absolute atomic E-state index is 0.0468. The normalized spacial score (nSPS) is 42.5. The minimum atomic E-state index is -0.343. The molecule has 0 bridgehead atoms. The van der Waals surface area contributed by atoms with Crippen LogP contribution in [0.5, 0.6) is 0 Å². The van der Waals surface area contributed by atoms with Crippen LogP contribution < -0.4 is 0 Å². The Hall–Kier alpha value is -1.55. The maximum atomic E-state index is 11.0. The van der Waals surface area contributed by atoms with Crippen LogP contribution in [0.2, 0.25) is 0 Å². The summed E-state index contributed by atoms with van der Waals surface area (Å²) in [6, 6.07) is 0. The van der Waals surface area contributed by atoms with Crippen molar-refractivity contribution < 1.29 is 19.0 Å². The van der Waals surface area contributed by atoms with Gasteiger partial charge in [0.1, 0.15) is 18.5 Å². The van der Waals surface area contributed by atoms with Crippen molar-refractivity contribution in [1.29, 1.82) is 0 Å². The molecule has 1 aliphatic carbocycles. The fourth-order valence-electron chi connectivity index (χ4n) is 2.68. The third-order valence-corrected chi connectivity index (χ3v) is 3.55. The van der Waals surface area contributed by atoms with E-state index in [0.717, 1.165) is 0 Å². The van der Waals surface area contributed by atoms with E-state index >= 15 is 0 Å². The molecule has 2 heterocycles. The molecule has 0 aromatic rings. The Morgan fingerprint density at radius 2 is 1.94 bits per heavy atom. The molecule has 2 aliphatic heterocycles. The summed E-state index contributed by atoms with van der Waals surface area (Å²) in [5.41, 5.74) is 0. The summed E-state index contributed by atoms with van der Waals surface area (Å²) < 4.78 is 16.2. The third-order valence-electron chi connectivity index (χ3n) is 3.55. The summed E-state index contributed by atoms with van der Waals surface area (Å²) in [4.78, 5) is 11.0. The van der Waals surface area contributed by atoms with Crippen LogP contribution in [-0.2, 0) is 19.0 Å². The van der Waals surface area contributed by atoms with Gasteiger partial charge in [-0.15, -0.1) is 13.2 Å². The molecular formula is C13H14O4. The van der Waals surface area contributed by atoms with Gasteiger partial charge in [0.2, 0.25) is 0 Å². The van der Waals surface area contributed by atoms with Crippen LogP contribution in [0.4, 0.5) is 0 Å². The zero-order chi connectivity index (χ0) is 12.0. The van der Waals surface area contributed by atoms with Gasteiger partial charge in [0.05, 0.1) is 18.3 Å². The van der Waals surface area contributed by atoms with Crippen LogP contribution in [0, 0.1) is 11.8 Å². The van der Waals surface area contributed by atoms with E-state index in [9.17, 15) is 4.79 Å². The minimum Gasteiger partial charge on any atom is -0.489 e. The Kier molecular flexibility index (Phi) is 2.33. The van der Waals surface area contributed by atoms with Gasteiger partial charge in [-0.25, -0.2) is 4.79 Å². The highest BCUT2D eigenvalue weighted by Gasteiger charge is 2.61. The molecule has 4 nitrogen and oxygen atoms in total. The van der Waals surface area contributed by atoms with Gasteiger partial charge in [0.25, 0.3) is 0 Å². The first-order valence-electron chi connectivity index (χ1n) is 5.69. The van der Waals surface area contributed by atoms with Crippen molar-refractivity contribution >= 4 is 5.97 Å². The number of cyclic esters (lactones) is 1. The molecule has 1 saturated heterocycles. The quantitative estimate of drug-likeness (QED) is 0.416. The van der Waals surface area contributed by atoms with Crippen molar-refractivity contribution in [3.63, 3.8) is 0 Å². The number of hydrogen-bond donors (Lipinski definition) is 0. The first-order chi connectivity index (χ1) is 8.24. The number of epoxide rings is 1. The zero-order valence-corrected chi connectivity index (χ0v) is 9.37. The van der Waals surface area contributed by atoms with Crippen LogP contribution in [0.1, 0.15) is 0 Å². The average Bonchev–Trinajstić information content (AvgIpc) is 2.88. The second-order valence-corrected chi connectivity index (χ2v) is 4.49. The number of fused-ring (bicyclic) bond motifs is 1. The van der Waals surface area contributed by atoms with Crippen LogP contribution in [0.15, 0.2) is 37.1 Å². The van der Waals surface area contributed by atoms with E-state index in [0.29, 0.717) is 5.76 Å². The Balaban J connectivity index is 1.76. The molecule has 1 unspecified atom stereocenters. The number of carbonyl (C=O) groups excluding carboxylic acids is 1. The lowest BCUT2D eigenvalue weighted by Crippen LogP contribution is -2.28. The molecule has 1 saturated carbocycles. The van der Waals surface area contributed by atoms with Gasteiger partial charge in [0, 0.05) is 11.8 Å². The highest BCUT2D eigenvalue weighted by atomic mass is 16.6. The van der Waals surface area contributed by atoms with Crippen molar-refractivity contribution in [1.82, 2.24) is 0 Å². The highest BCUT2D eigenvalue weighted by Crippen LogP contribution is 2.50. The summed E-state index contributed by atoms with van der Waals surface area (Å²) in [5, 5.41) is 0. The van der Waals surface area contributed by atoms with E-state index < -0.39 is 0 Å². The lowest BCUT2D eigenvalue weighted by Gasteiger charge is -2.25. The number of rotatable bonds is 4. The van der Waals surface area contributed by atoms with Crippen LogP contribution in [0.3, 0.4) is 0 Å². The van der Waals surface area contributed by atoms with Gasteiger partial charge in [0.15, 0.2) is 0 Å². The molecule has 5 atom stereocenters. The average molecular weight is 234 g/mol. The van der Waals surface area contributed by atoms with Gasteiger partial charge in [-0.2, -0.15) is 0 Å². The fraction of sp³-hybridized carbons (Fsp3) is 0.462. The topological polar surface area (TPSA) is 48.1 Å². The molecule has 0 aromatic carbocycles. The number of ether oxygens (including phenoxy) is 3. The predicted octanol–water partition coefficient (Wildman–Crippen LogP) is 1.20. The van der Waals surface area contributed by atoms with Crippen molar-refractivity contribution in [2.24, 2.45) is 11.8 Å². The Morgan fingerprint density at radius 1 is 1.29 bits per heavy atom. The van der Waals surface area contributed by atoms with Gasteiger partial charge in [-0.05, 0) is 0 Å². The van der Waals surface area contributed by atoms with Gasteiger partial charge in [-0.1, -0.05) is 12.2 Å². The Labute approximate surface area is 99.5 Å². The summed E-state index contributed by atoms with van der Waals surface area (Å²) in [6.07, 6.45) is 5.45. The van der Waals surface area contributed by atoms with Gasteiger partial charge >= 0.3 is 5.97 Å². The molecule has 4 heteroatoms. The molecule has 90 valence electrons. The van der Waals surface area contributed by atoms with E-state index in [-0.39, 0.29) is 42.7 Å². The summed E-state index contributed by atoms with van der Waals surface area (Å²) in [5.74, 6) is 0.545. The summed E-state index contributed by atoms with van der Waals surface area (Å²) in [6.45, 7) is 7.85. The molecule has 0 spiro atoms. The first-order valence-corrected chi connectivity index (χ1v) is 5.69. The van der Waals surface area contributed by atoms with E-state index in [2.05, 4.69) is 13.2 Å². The highest BCUT2D eigenvalue weighted by molar-refractivity contribution is 5.84. The van der Waals surface area contributed by atoms with Crippen molar-refractivity contribution in [2.75, 3.05) is 6.61 Å². The van der Waals surface area contributed by atoms with Crippen LogP contribution in [0.25, 0.3) is 0 Å². The van der Waals surface area contributed by atoms with E-state index in [1.165, 1.54) is 6.08 Å². The SMILES string of the molecule is C=C[C@@H]1C(OC2=CC(=O)OC2)[C@H](C=C)[C@H]2O[C@H]21. The van der Waals surface area contributed by atoms with Crippen molar-refractivity contribution in [3.8, 4) is 0 Å². The van der Waals surface area contributed by atoms with Gasteiger partial charge in [-0.3, -0.25) is 0 Å². The molecule has 0 amide bonds. The standard InChI is InChI=1S/C13H14O4/c1-3-8-11(9(4-2)13-12(8)17-13)16-7-5-10(14)15-6-7/h3-5,8-9,11-13H,1-2,6H2/t8-,9+,11?,12+,13-.